The van der Waals surface area contributed by atoms with E-state index < -0.39 is 0 Å². The Morgan fingerprint density at radius 3 is 2.24 bits per heavy atom. The first-order valence-electron chi connectivity index (χ1n) is 7.76. The van der Waals surface area contributed by atoms with Crippen LogP contribution in [0.5, 0.6) is 0 Å². The maximum atomic E-state index is 2.72. The number of hydrogen-bond donors (Lipinski definition) is 0. The van der Waals surface area contributed by atoms with E-state index in [1.807, 2.05) is 0 Å². The summed E-state index contributed by atoms with van der Waals surface area (Å²) in [6, 6.07) is 0.784. The van der Waals surface area contributed by atoms with Gasteiger partial charge in [0, 0.05) is 38.8 Å². The van der Waals surface area contributed by atoms with Crippen molar-refractivity contribution in [1.82, 2.24) is 9.80 Å². The van der Waals surface area contributed by atoms with Gasteiger partial charge in [-0.3, -0.25) is 4.90 Å². The summed E-state index contributed by atoms with van der Waals surface area (Å²) in [5.74, 6) is 1.01. The average molecular weight is 238 g/mol. The van der Waals surface area contributed by atoms with Crippen LogP contribution >= 0.6 is 0 Å². The van der Waals surface area contributed by atoms with E-state index >= 15 is 0 Å². The van der Waals surface area contributed by atoms with Gasteiger partial charge >= 0.3 is 0 Å². The van der Waals surface area contributed by atoms with E-state index in [9.17, 15) is 0 Å². The maximum absolute atomic E-state index is 2.72. The first-order chi connectivity index (χ1) is 8.29. The van der Waals surface area contributed by atoms with Gasteiger partial charge in [-0.2, -0.15) is 0 Å². The van der Waals surface area contributed by atoms with Crippen LogP contribution in [0.15, 0.2) is 0 Å². The Morgan fingerprint density at radius 1 is 1.00 bits per heavy atom. The van der Waals surface area contributed by atoms with Gasteiger partial charge in [-0.05, 0) is 32.1 Å². The van der Waals surface area contributed by atoms with E-state index in [1.54, 1.807) is 0 Å². The predicted molar refractivity (Wildman–Crippen MR) is 74.3 cm³/mol. The minimum absolute atomic E-state index is 0.784. The third-order valence-electron chi connectivity index (χ3n) is 4.86. The van der Waals surface area contributed by atoms with Crippen LogP contribution in [-0.4, -0.2) is 48.6 Å². The lowest BCUT2D eigenvalue weighted by Crippen LogP contribution is -2.50. The highest BCUT2D eigenvalue weighted by Crippen LogP contribution is 2.24. The number of piperazine rings is 1. The molecule has 1 atom stereocenters. The summed E-state index contributed by atoms with van der Waals surface area (Å²) in [4.78, 5) is 5.38. The molecule has 2 aliphatic rings. The Morgan fingerprint density at radius 2 is 1.65 bits per heavy atom. The molecule has 0 N–H and O–H groups in total. The van der Waals surface area contributed by atoms with Gasteiger partial charge in [-0.1, -0.05) is 26.2 Å². The summed E-state index contributed by atoms with van der Waals surface area (Å²) in [5, 5.41) is 0. The molecule has 1 aliphatic carbocycles. The SMILES string of the molecule is CCC(C)N1CCN(CC2CCCCC2)CC1. The van der Waals surface area contributed by atoms with Crippen LogP contribution < -0.4 is 0 Å². The molecular weight excluding hydrogens is 208 g/mol. The van der Waals surface area contributed by atoms with E-state index in [2.05, 4.69) is 23.6 Å². The molecule has 0 aromatic heterocycles. The largest absolute Gasteiger partial charge is 0.301 e. The molecule has 1 saturated heterocycles. The average Bonchev–Trinajstić information content (AvgIpc) is 2.40. The van der Waals surface area contributed by atoms with E-state index in [-0.39, 0.29) is 0 Å². The molecule has 2 fully saturated rings. The summed E-state index contributed by atoms with van der Waals surface area (Å²) in [6.07, 6.45) is 8.73. The summed E-state index contributed by atoms with van der Waals surface area (Å²) < 4.78 is 0. The molecule has 2 rings (SSSR count). The van der Waals surface area contributed by atoms with Gasteiger partial charge in [0.05, 0.1) is 0 Å². The van der Waals surface area contributed by atoms with Gasteiger partial charge < -0.3 is 4.90 Å². The standard InChI is InChI=1S/C15H30N2/c1-3-14(2)17-11-9-16(10-12-17)13-15-7-5-4-6-8-15/h14-15H,3-13H2,1-2H3. The van der Waals surface area contributed by atoms with E-state index in [0.717, 1.165) is 12.0 Å². The van der Waals surface area contributed by atoms with Crippen molar-refractivity contribution in [2.75, 3.05) is 32.7 Å². The van der Waals surface area contributed by atoms with Gasteiger partial charge in [0.15, 0.2) is 0 Å². The molecule has 0 aromatic rings. The summed E-state index contributed by atoms with van der Waals surface area (Å²) in [6.45, 7) is 11.3. The van der Waals surface area contributed by atoms with Crippen LogP contribution in [0.1, 0.15) is 52.4 Å². The molecule has 2 heteroatoms. The molecule has 0 radical (unpaired) electrons. The van der Waals surface area contributed by atoms with Gasteiger partial charge in [0.2, 0.25) is 0 Å². The van der Waals surface area contributed by atoms with E-state index in [0.29, 0.717) is 0 Å². The Kier molecular flexibility index (Phi) is 5.30. The fourth-order valence-corrected chi connectivity index (χ4v) is 3.38. The molecule has 1 unspecified atom stereocenters. The Balaban J connectivity index is 1.67. The fraction of sp³-hybridized carbons (Fsp3) is 1.00. The zero-order valence-electron chi connectivity index (χ0n) is 11.8. The lowest BCUT2D eigenvalue weighted by atomic mass is 9.89. The molecule has 1 saturated carbocycles. The fourth-order valence-electron chi connectivity index (χ4n) is 3.38. The van der Waals surface area contributed by atoms with Gasteiger partial charge in [-0.25, -0.2) is 0 Å². The number of nitrogens with zero attached hydrogens (tertiary/aromatic N) is 2. The molecule has 1 heterocycles. The molecule has 1 aliphatic heterocycles. The van der Waals surface area contributed by atoms with Crippen molar-refractivity contribution in [2.24, 2.45) is 5.92 Å². The zero-order valence-corrected chi connectivity index (χ0v) is 11.8. The lowest BCUT2D eigenvalue weighted by Gasteiger charge is -2.39. The summed E-state index contributed by atoms with van der Waals surface area (Å²) in [7, 11) is 0. The van der Waals surface area contributed by atoms with Gasteiger partial charge in [0.1, 0.15) is 0 Å². The first-order valence-corrected chi connectivity index (χ1v) is 7.76. The molecule has 17 heavy (non-hydrogen) atoms. The lowest BCUT2D eigenvalue weighted by molar-refractivity contribution is 0.0847. The van der Waals surface area contributed by atoms with Crippen LogP contribution in [0.4, 0.5) is 0 Å². The second-order valence-corrected chi connectivity index (χ2v) is 6.10. The molecule has 0 spiro atoms. The van der Waals surface area contributed by atoms with Crippen molar-refractivity contribution in [3.05, 3.63) is 0 Å². The van der Waals surface area contributed by atoms with Crippen molar-refractivity contribution in [2.45, 2.75) is 58.4 Å². The Labute approximate surface area is 107 Å². The molecule has 0 aromatic carbocycles. The first kappa shape index (κ1) is 13.4. The molecule has 0 amide bonds. The van der Waals surface area contributed by atoms with Crippen molar-refractivity contribution in [3.63, 3.8) is 0 Å². The highest BCUT2D eigenvalue weighted by atomic mass is 15.3. The molecule has 2 nitrogen and oxygen atoms in total. The monoisotopic (exact) mass is 238 g/mol. The molecular formula is C15H30N2. The van der Waals surface area contributed by atoms with E-state index in [1.165, 1.54) is 71.2 Å². The van der Waals surface area contributed by atoms with Gasteiger partial charge in [-0.15, -0.1) is 0 Å². The van der Waals surface area contributed by atoms with Crippen LogP contribution in [0, 0.1) is 5.92 Å². The second-order valence-electron chi connectivity index (χ2n) is 6.10. The van der Waals surface area contributed by atoms with Gasteiger partial charge in [0.25, 0.3) is 0 Å². The minimum atomic E-state index is 0.784. The Hall–Kier alpha value is -0.0800. The van der Waals surface area contributed by atoms with Crippen LogP contribution in [0.2, 0.25) is 0 Å². The third-order valence-corrected chi connectivity index (χ3v) is 4.86. The topological polar surface area (TPSA) is 6.48 Å². The zero-order chi connectivity index (χ0) is 12.1. The number of rotatable bonds is 4. The van der Waals surface area contributed by atoms with Crippen molar-refractivity contribution in [3.8, 4) is 0 Å². The Bertz CT molecular complexity index is 203. The van der Waals surface area contributed by atoms with Crippen LogP contribution in [0.25, 0.3) is 0 Å². The highest BCUT2D eigenvalue weighted by molar-refractivity contribution is 4.78. The number of hydrogen-bond acceptors (Lipinski definition) is 2. The molecule has 0 bridgehead atoms. The van der Waals surface area contributed by atoms with Crippen molar-refractivity contribution in [1.29, 1.82) is 0 Å². The minimum Gasteiger partial charge on any atom is -0.301 e. The molecule has 100 valence electrons. The van der Waals surface area contributed by atoms with Crippen molar-refractivity contribution >= 4 is 0 Å². The highest BCUT2D eigenvalue weighted by Gasteiger charge is 2.22. The van der Waals surface area contributed by atoms with E-state index in [4.69, 9.17) is 0 Å². The quantitative estimate of drug-likeness (QED) is 0.743. The van der Waals surface area contributed by atoms with Crippen LogP contribution in [0.3, 0.4) is 0 Å². The second kappa shape index (κ2) is 6.75. The predicted octanol–water partition coefficient (Wildman–Crippen LogP) is 2.98. The van der Waals surface area contributed by atoms with Crippen molar-refractivity contribution < 1.29 is 0 Å². The summed E-state index contributed by atoms with van der Waals surface area (Å²) in [5.41, 5.74) is 0. The van der Waals surface area contributed by atoms with Crippen LogP contribution in [-0.2, 0) is 0 Å². The third kappa shape index (κ3) is 3.96. The maximum Gasteiger partial charge on any atom is 0.0113 e. The summed E-state index contributed by atoms with van der Waals surface area (Å²) >= 11 is 0. The normalized spacial score (nSPS) is 27.2. The smallest absolute Gasteiger partial charge is 0.0113 e.